The first-order valence-electron chi connectivity index (χ1n) is 11.9. The summed E-state index contributed by atoms with van der Waals surface area (Å²) in [7, 11) is 1.96. The summed E-state index contributed by atoms with van der Waals surface area (Å²) in [5.41, 5.74) is 2.13. The van der Waals surface area contributed by atoms with Crippen LogP contribution >= 0.6 is 0 Å². The molecule has 1 unspecified atom stereocenters. The van der Waals surface area contributed by atoms with E-state index in [0.29, 0.717) is 18.8 Å². The average molecular weight is 452 g/mol. The number of benzene rings is 1. The maximum Gasteiger partial charge on any atom is 0.254 e. The fourth-order valence-corrected chi connectivity index (χ4v) is 5.86. The highest BCUT2D eigenvalue weighted by Gasteiger charge is 2.56. The predicted molar refractivity (Wildman–Crippen MR) is 124 cm³/mol. The summed E-state index contributed by atoms with van der Waals surface area (Å²) in [5.74, 6) is -0.348. The van der Waals surface area contributed by atoms with Crippen LogP contribution in [0.3, 0.4) is 0 Å². The molecule has 0 radical (unpaired) electrons. The molecule has 5 rings (SSSR count). The van der Waals surface area contributed by atoms with Crippen LogP contribution < -0.4 is 5.32 Å². The number of carbonyl (C=O) groups excluding carboxylic acids is 2. The maximum absolute atomic E-state index is 13.8. The van der Waals surface area contributed by atoms with Crippen molar-refractivity contribution in [2.24, 2.45) is 7.05 Å². The Kier molecular flexibility index (Phi) is 5.74. The highest BCUT2D eigenvalue weighted by Crippen LogP contribution is 2.48. The predicted octanol–water partition coefficient (Wildman–Crippen LogP) is 1.92. The molecular weight excluding hydrogens is 418 g/mol. The van der Waals surface area contributed by atoms with Gasteiger partial charge in [-0.3, -0.25) is 19.2 Å². The smallest absolute Gasteiger partial charge is 0.254 e. The molecule has 176 valence electrons. The summed E-state index contributed by atoms with van der Waals surface area (Å²) in [4.78, 5) is 31.9. The van der Waals surface area contributed by atoms with E-state index in [1.807, 2.05) is 53.2 Å². The molecule has 1 spiro atoms. The van der Waals surface area contributed by atoms with Gasteiger partial charge in [0.2, 0.25) is 5.91 Å². The maximum atomic E-state index is 13.8. The Morgan fingerprint density at radius 1 is 1.21 bits per heavy atom. The summed E-state index contributed by atoms with van der Waals surface area (Å²) in [5, 5.41) is 7.49. The molecule has 8 nitrogen and oxygen atoms in total. The van der Waals surface area contributed by atoms with Gasteiger partial charge in [0, 0.05) is 44.5 Å². The van der Waals surface area contributed by atoms with Crippen LogP contribution in [-0.2, 0) is 23.1 Å². The van der Waals surface area contributed by atoms with E-state index in [-0.39, 0.29) is 23.9 Å². The molecule has 2 amide bonds. The number of hydrogen-bond acceptors (Lipinski definition) is 5. The number of rotatable bonds is 5. The number of hydrogen-bond donors (Lipinski definition) is 1. The van der Waals surface area contributed by atoms with Gasteiger partial charge in [0.15, 0.2) is 0 Å². The van der Waals surface area contributed by atoms with Gasteiger partial charge < -0.3 is 15.0 Å². The molecule has 1 N–H and O–H groups in total. The minimum atomic E-state index is -0.544. The molecule has 8 heteroatoms. The molecular formula is C25H33N5O3. The van der Waals surface area contributed by atoms with Crippen LogP contribution in [0.5, 0.6) is 0 Å². The molecule has 2 saturated heterocycles. The minimum Gasteiger partial charge on any atom is -0.377 e. The number of aryl methyl sites for hydroxylation is 1. The van der Waals surface area contributed by atoms with Gasteiger partial charge in [-0.2, -0.15) is 5.10 Å². The van der Waals surface area contributed by atoms with E-state index in [9.17, 15) is 9.59 Å². The van der Waals surface area contributed by atoms with E-state index in [1.54, 1.807) is 0 Å². The van der Waals surface area contributed by atoms with Gasteiger partial charge in [0.1, 0.15) is 0 Å². The monoisotopic (exact) mass is 451 g/mol. The Morgan fingerprint density at radius 3 is 2.55 bits per heavy atom. The van der Waals surface area contributed by atoms with Crippen molar-refractivity contribution in [1.29, 1.82) is 0 Å². The Labute approximate surface area is 194 Å². The fraction of sp³-hybridized carbons (Fsp3) is 0.560. The van der Waals surface area contributed by atoms with Crippen molar-refractivity contribution >= 4 is 11.8 Å². The highest BCUT2D eigenvalue weighted by molar-refractivity contribution is 6.02. The Morgan fingerprint density at radius 2 is 1.94 bits per heavy atom. The van der Waals surface area contributed by atoms with Crippen LogP contribution in [0, 0.1) is 0 Å². The first-order valence-corrected chi connectivity index (χ1v) is 11.9. The number of likely N-dealkylation sites (tertiary alicyclic amines) is 1. The van der Waals surface area contributed by atoms with Crippen molar-refractivity contribution in [1.82, 2.24) is 24.9 Å². The van der Waals surface area contributed by atoms with Crippen molar-refractivity contribution in [3.63, 3.8) is 0 Å². The molecule has 1 aromatic heterocycles. The molecule has 4 heterocycles. The number of nitrogens with one attached hydrogen (secondary N) is 1. The molecule has 0 saturated carbocycles. The van der Waals surface area contributed by atoms with Gasteiger partial charge >= 0.3 is 0 Å². The van der Waals surface area contributed by atoms with Crippen LogP contribution in [-0.4, -0.2) is 75.3 Å². The topological polar surface area (TPSA) is 79.7 Å². The molecule has 0 bridgehead atoms. The molecule has 1 aromatic carbocycles. The lowest BCUT2D eigenvalue weighted by Crippen LogP contribution is -2.67. The number of ether oxygens (including phenoxy) is 1. The van der Waals surface area contributed by atoms with Gasteiger partial charge in [-0.15, -0.1) is 0 Å². The largest absolute Gasteiger partial charge is 0.377 e. The van der Waals surface area contributed by atoms with Crippen LogP contribution in [0.1, 0.15) is 54.2 Å². The second kappa shape index (κ2) is 8.57. The summed E-state index contributed by atoms with van der Waals surface area (Å²) < 4.78 is 7.19. The third kappa shape index (κ3) is 3.75. The first kappa shape index (κ1) is 22.1. The fourth-order valence-electron chi connectivity index (χ4n) is 5.86. The summed E-state index contributed by atoms with van der Waals surface area (Å²) in [6.07, 6.45) is 3.33. The molecule has 3 aliphatic heterocycles. The van der Waals surface area contributed by atoms with E-state index in [0.717, 1.165) is 43.7 Å². The van der Waals surface area contributed by atoms with Crippen molar-refractivity contribution in [3.8, 4) is 0 Å². The average Bonchev–Trinajstić information content (AvgIpc) is 3.16. The van der Waals surface area contributed by atoms with E-state index < -0.39 is 11.5 Å². The van der Waals surface area contributed by atoms with Crippen molar-refractivity contribution in [2.45, 2.75) is 56.8 Å². The summed E-state index contributed by atoms with van der Waals surface area (Å²) in [6.45, 7) is 7.68. The molecule has 2 aromatic rings. The highest BCUT2D eigenvalue weighted by atomic mass is 16.5. The van der Waals surface area contributed by atoms with Gasteiger partial charge in [-0.05, 0) is 44.4 Å². The number of amides is 2. The zero-order valence-electron chi connectivity index (χ0n) is 19.7. The number of piperidine rings is 1. The van der Waals surface area contributed by atoms with Crippen molar-refractivity contribution in [2.75, 3.05) is 26.3 Å². The quantitative estimate of drug-likeness (QED) is 0.751. The molecule has 0 aliphatic carbocycles. The summed E-state index contributed by atoms with van der Waals surface area (Å²) >= 11 is 0. The first-order chi connectivity index (χ1) is 15.9. The van der Waals surface area contributed by atoms with Gasteiger partial charge in [-0.1, -0.05) is 18.2 Å². The lowest BCUT2D eigenvalue weighted by atomic mass is 9.66. The zero-order valence-corrected chi connectivity index (χ0v) is 19.7. The Bertz CT molecular complexity index is 1040. The van der Waals surface area contributed by atoms with Crippen molar-refractivity contribution < 1.29 is 14.3 Å². The van der Waals surface area contributed by atoms with Gasteiger partial charge in [0.05, 0.1) is 36.4 Å². The number of nitrogens with zero attached hydrogens (tertiary/aromatic N) is 4. The number of carbonyl (C=O) groups is 2. The lowest BCUT2D eigenvalue weighted by molar-refractivity contribution is -0.132. The van der Waals surface area contributed by atoms with Crippen molar-refractivity contribution in [3.05, 3.63) is 53.3 Å². The van der Waals surface area contributed by atoms with Gasteiger partial charge in [-0.25, -0.2) is 0 Å². The molecule has 1 atom stereocenters. The molecule has 2 fully saturated rings. The SMILES string of the molecule is CC(C)N1C(=O)c2ccccc2C(C(=O)NC2COC2)C12CCN(Cc1ccnn1C)CC2. The Hall–Kier alpha value is -2.71. The van der Waals surface area contributed by atoms with E-state index in [1.165, 1.54) is 0 Å². The standard InChI is InChI=1S/C25H33N5O3/c1-17(2)30-24(32)21-7-5-4-6-20(21)22(23(31)27-18-15-33-16-18)25(30)9-12-29(13-10-25)14-19-8-11-26-28(19)3/h4-8,11,17-18,22H,9-10,12-16H2,1-3H3,(H,27,31). The van der Waals surface area contributed by atoms with E-state index in [4.69, 9.17) is 4.74 Å². The number of fused-ring (bicyclic) bond motifs is 1. The minimum absolute atomic E-state index is 0.00295. The summed E-state index contributed by atoms with van der Waals surface area (Å²) in [6, 6.07) is 9.75. The van der Waals surface area contributed by atoms with Crippen LogP contribution in [0.2, 0.25) is 0 Å². The van der Waals surface area contributed by atoms with E-state index >= 15 is 0 Å². The Balaban J connectivity index is 1.49. The third-order valence-corrected chi connectivity index (χ3v) is 7.53. The normalized spacial score (nSPS) is 23.0. The third-order valence-electron chi connectivity index (χ3n) is 7.53. The molecule has 3 aliphatic rings. The van der Waals surface area contributed by atoms with Crippen LogP contribution in [0.25, 0.3) is 0 Å². The number of aromatic nitrogens is 2. The van der Waals surface area contributed by atoms with Crippen LogP contribution in [0.15, 0.2) is 36.5 Å². The van der Waals surface area contributed by atoms with Gasteiger partial charge in [0.25, 0.3) is 5.91 Å². The second-order valence-corrected chi connectivity index (χ2v) is 9.86. The lowest BCUT2D eigenvalue weighted by Gasteiger charge is -2.56. The second-order valence-electron chi connectivity index (χ2n) is 9.86. The molecule has 33 heavy (non-hydrogen) atoms. The zero-order chi connectivity index (χ0) is 23.2. The van der Waals surface area contributed by atoms with Crippen LogP contribution in [0.4, 0.5) is 0 Å². The van der Waals surface area contributed by atoms with E-state index in [2.05, 4.69) is 29.2 Å².